The van der Waals surface area contributed by atoms with Crippen molar-refractivity contribution in [2.75, 3.05) is 0 Å². The molecule has 0 aromatic heterocycles. The Balaban J connectivity index is 2.21. The molecule has 0 spiro atoms. The Kier molecular flexibility index (Phi) is 2.55. The van der Waals surface area contributed by atoms with E-state index in [1.807, 2.05) is 0 Å². The predicted molar refractivity (Wildman–Crippen MR) is 78.7 cm³/mol. The molecule has 0 nitrogen and oxygen atoms in total. The summed E-state index contributed by atoms with van der Waals surface area (Å²) in [6.07, 6.45) is 10.6. The second-order valence-corrected chi connectivity index (χ2v) is 5.74. The molecule has 0 amide bonds. The molecular weight excluding hydrogens is 216 g/mol. The van der Waals surface area contributed by atoms with Crippen molar-refractivity contribution in [3.63, 3.8) is 0 Å². The van der Waals surface area contributed by atoms with Crippen LogP contribution in [0.5, 0.6) is 0 Å². The van der Waals surface area contributed by atoms with Crippen LogP contribution in [0.3, 0.4) is 0 Å². The standard InChI is InChI=1S/C18H20/c1-11-5-6-15-10-18-14(4)13(3)12(2)8-17(18)9-16(15)7-11/h5-8,10,15-16H,2,9H2,1,3-4H3. The van der Waals surface area contributed by atoms with Gasteiger partial charge in [-0.05, 0) is 60.2 Å². The van der Waals surface area contributed by atoms with Gasteiger partial charge in [0.15, 0.2) is 0 Å². The lowest BCUT2D eigenvalue weighted by atomic mass is 9.76. The summed E-state index contributed by atoms with van der Waals surface area (Å²) >= 11 is 0. The van der Waals surface area contributed by atoms with E-state index in [-0.39, 0.29) is 0 Å². The minimum atomic E-state index is 0.579. The maximum absolute atomic E-state index is 4.16. The Morgan fingerprint density at radius 2 is 1.89 bits per heavy atom. The first-order valence-electron chi connectivity index (χ1n) is 6.73. The molecule has 0 aliphatic heterocycles. The second kappa shape index (κ2) is 3.98. The summed E-state index contributed by atoms with van der Waals surface area (Å²) in [5.41, 5.74) is 5.63. The smallest absolute Gasteiger partial charge is 0.00252 e. The lowest BCUT2D eigenvalue weighted by Gasteiger charge is -2.28. The zero-order valence-electron chi connectivity index (χ0n) is 11.5. The van der Waals surface area contributed by atoms with Crippen LogP contribution in [0.1, 0.15) is 23.6 Å². The van der Waals surface area contributed by atoms with Crippen LogP contribution in [0.4, 0.5) is 0 Å². The van der Waals surface area contributed by atoms with Crippen LogP contribution in [0.2, 0.25) is 0 Å². The molecule has 1 aromatic rings. The number of allylic oxidation sites excluding steroid dienone is 4. The van der Waals surface area contributed by atoms with Crippen LogP contribution in [0.25, 0.3) is 12.7 Å². The Morgan fingerprint density at radius 1 is 1.11 bits per heavy atom. The Morgan fingerprint density at radius 3 is 2.67 bits per heavy atom. The van der Waals surface area contributed by atoms with Gasteiger partial charge in [0.1, 0.15) is 0 Å². The molecule has 0 saturated heterocycles. The van der Waals surface area contributed by atoms with Crippen molar-refractivity contribution in [1.82, 2.24) is 0 Å². The van der Waals surface area contributed by atoms with Crippen molar-refractivity contribution in [1.29, 1.82) is 0 Å². The maximum atomic E-state index is 4.16. The Labute approximate surface area is 109 Å². The number of fused-ring (bicyclic) bond motifs is 2. The molecule has 2 aliphatic carbocycles. The van der Waals surface area contributed by atoms with Crippen molar-refractivity contribution in [3.8, 4) is 0 Å². The van der Waals surface area contributed by atoms with E-state index >= 15 is 0 Å². The Bertz CT molecular complexity index is 671. The van der Waals surface area contributed by atoms with Gasteiger partial charge in [0.05, 0.1) is 0 Å². The lowest BCUT2D eigenvalue weighted by Crippen LogP contribution is -2.31. The van der Waals surface area contributed by atoms with Crippen molar-refractivity contribution < 1.29 is 0 Å². The summed E-state index contributed by atoms with van der Waals surface area (Å²) < 4.78 is 0. The zero-order chi connectivity index (χ0) is 12.9. The largest absolute Gasteiger partial charge is 0.0915 e. The summed E-state index contributed by atoms with van der Waals surface area (Å²) in [5, 5.41) is 2.64. The van der Waals surface area contributed by atoms with Crippen molar-refractivity contribution in [2.45, 2.75) is 27.2 Å². The van der Waals surface area contributed by atoms with Crippen LogP contribution < -0.4 is 10.4 Å². The van der Waals surface area contributed by atoms with E-state index in [4.69, 9.17) is 0 Å². The molecule has 2 unspecified atom stereocenters. The predicted octanol–water partition coefficient (Wildman–Crippen LogP) is 2.80. The highest BCUT2D eigenvalue weighted by Gasteiger charge is 2.23. The molecule has 0 saturated carbocycles. The minimum absolute atomic E-state index is 0.579. The zero-order valence-corrected chi connectivity index (χ0v) is 11.5. The van der Waals surface area contributed by atoms with Gasteiger partial charge in [-0.2, -0.15) is 0 Å². The maximum Gasteiger partial charge on any atom is 0.00252 e. The molecule has 0 heterocycles. The third-order valence-electron chi connectivity index (χ3n) is 4.51. The summed E-state index contributed by atoms with van der Waals surface area (Å²) in [7, 11) is 0. The van der Waals surface area contributed by atoms with E-state index < -0.39 is 0 Å². The molecular formula is C18H20. The SMILES string of the molecule is C=c1cc2c(c(C)c1C)=CC1C=CC(C)=CC1C2. The van der Waals surface area contributed by atoms with Gasteiger partial charge in [-0.25, -0.2) is 0 Å². The molecule has 1 aromatic carbocycles. The van der Waals surface area contributed by atoms with Crippen LogP contribution in [-0.4, -0.2) is 0 Å². The van der Waals surface area contributed by atoms with E-state index in [1.54, 1.807) is 0 Å². The molecule has 18 heavy (non-hydrogen) atoms. The number of hydrogen-bond acceptors (Lipinski definition) is 0. The molecule has 0 bridgehead atoms. The van der Waals surface area contributed by atoms with Crippen LogP contribution in [0, 0.1) is 25.7 Å². The van der Waals surface area contributed by atoms with E-state index in [2.05, 4.69) is 57.7 Å². The Hall–Kier alpha value is -1.56. The van der Waals surface area contributed by atoms with E-state index in [1.165, 1.54) is 32.7 Å². The minimum Gasteiger partial charge on any atom is -0.0915 e. The van der Waals surface area contributed by atoms with Crippen LogP contribution >= 0.6 is 0 Å². The van der Waals surface area contributed by atoms with Gasteiger partial charge in [0.25, 0.3) is 0 Å². The summed E-state index contributed by atoms with van der Waals surface area (Å²) in [4.78, 5) is 0. The molecule has 2 aliphatic rings. The summed E-state index contributed by atoms with van der Waals surface area (Å²) in [6, 6.07) is 2.28. The normalized spacial score (nSPS) is 24.9. The first-order chi connectivity index (χ1) is 8.56. The van der Waals surface area contributed by atoms with Gasteiger partial charge in [-0.15, -0.1) is 0 Å². The van der Waals surface area contributed by atoms with E-state index in [0.29, 0.717) is 11.8 Å². The number of hydrogen-bond donors (Lipinski definition) is 0. The summed E-state index contributed by atoms with van der Waals surface area (Å²) in [5.74, 6) is 1.22. The second-order valence-electron chi connectivity index (χ2n) is 5.74. The van der Waals surface area contributed by atoms with Gasteiger partial charge in [-0.3, -0.25) is 0 Å². The fourth-order valence-corrected chi connectivity index (χ4v) is 3.21. The van der Waals surface area contributed by atoms with Crippen molar-refractivity contribution in [3.05, 3.63) is 57.0 Å². The first-order valence-corrected chi connectivity index (χ1v) is 6.73. The number of rotatable bonds is 0. The molecule has 92 valence electrons. The van der Waals surface area contributed by atoms with Crippen molar-refractivity contribution in [2.24, 2.45) is 11.8 Å². The molecule has 2 atom stereocenters. The van der Waals surface area contributed by atoms with Gasteiger partial charge in [-0.1, -0.05) is 42.5 Å². The van der Waals surface area contributed by atoms with E-state index in [0.717, 1.165) is 6.42 Å². The monoisotopic (exact) mass is 236 g/mol. The fraction of sp³-hybridized carbons (Fsp3) is 0.333. The average Bonchev–Trinajstić information content (AvgIpc) is 2.34. The molecule has 0 fully saturated rings. The molecule has 0 N–H and O–H groups in total. The van der Waals surface area contributed by atoms with E-state index in [9.17, 15) is 0 Å². The van der Waals surface area contributed by atoms with Gasteiger partial charge in [0, 0.05) is 5.92 Å². The first kappa shape index (κ1) is 11.5. The summed E-state index contributed by atoms with van der Waals surface area (Å²) in [6.45, 7) is 10.8. The van der Waals surface area contributed by atoms with Crippen molar-refractivity contribution >= 4 is 12.7 Å². The van der Waals surface area contributed by atoms with Gasteiger partial charge < -0.3 is 0 Å². The fourth-order valence-electron chi connectivity index (χ4n) is 3.21. The van der Waals surface area contributed by atoms with Crippen LogP contribution in [-0.2, 0) is 6.42 Å². The molecule has 0 radical (unpaired) electrons. The average molecular weight is 236 g/mol. The van der Waals surface area contributed by atoms with Gasteiger partial charge in [0.2, 0.25) is 0 Å². The highest BCUT2D eigenvalue weighted by atomic mass is 14.3. The highest BCUT2D eigenvalue weighted by Crippen LogP contribution is 2.29. The number of benzene rings is 1. The lowest BCUT2D eigenvalue weighted by molar-refractivity contribution is 0.550. The third kappa shape index (κ3) is 1.68. The highest BCUT2D eigenvalue weighted by molar-refractivity contribution is 5.48. The third-order valence-corrected chi connectivity index (χ3v) is 4.51. The molecule has 0 heteroatoms. The van der Waals surface area contributed by atoms with Crippen LogP contribution in [0.15, 0.2) is 29.9 Å². The molecule has 3 rings (SSSR count). The van der Waals surface area contributed by atoms with Gasteiger partial charge >= 0.3 is 0 Å². The quantitative estimate of drug-likeness (QED) is 0.650. The topological polar surface area (TPSA) is 0 Å².